The van der Waals surface area contributed by atoms with Gasteiger partial charge in [-0.05, 0) is 47.9 Å². The monoisotopic (exact) mass is 295 g/mol. The standard InChI is InChI=1S/C16H16F3NO/c1-9-2-11(6-12(17)3-9)16(21)15(8-20)10-4-13(18)7-14(19)5-10/h2-7,15-16,21H,8,20H2,1H3. The van der Waals surface area contributed by atoms with Crippen LogP contribution in [0.1, 0.15) is 28.7 Å². The topological polar surface area (TPSA) is 46.2 Å². The normalized spacial score (nSPS) is 14.0. The lowest BCUT2D eigenvalue weighted by Gasteiger charge is -2.23. The van der Waals surface area contributed by atoms with E-state index in [4.69, 9.17) is 5.73 Å². The molecule has 2 atom stereocenters. The summed E-state index contributed by atoms with van der Waals surface area (Å²) in [7, 11) is 0. The van der Waals surface area contributed by atoms with Gasteiger partial charge in [0.05, 0.1) is 6.10 Å². The average Bonchev–Trinajstić information content (AvgIpc) is 2.37. The summed E-state index contributed by atoms with van der Waals surface area (Å²) in [5.74, 6) is -2.70. The largest absolute Gasteiger partial charge is 0.388 e. The van der Waals surface area contributed by atoms with E-state index in [0.29, 0.717) is 11.1 Å². The van der Waals surface area contributed by atoms with Gasteiger partial charge in [-0.1, -0.05) is 6.07 Å². The minimum atomic E-state index is -1.15. The van der Waals surface area contributed by atoms with Crippen molar-refractivity contribution in [1.29, 1.82) is 0 Å². The van der Waals surface area contributed by atoms with Crippen LogP contribution < -0.4 is 5.73 Å². The van der Waals surface area contributed by atoms with Gasteiger partial charge in [-0.15, -0.1) is 0 Å². The number of aliphatic hydroxyl groups excluding tert-OH is 1. The van der Waals surface area contributed by atoms with Gasteiger partial charge in [0, 0.05) is 18.5 Å². The van der Waals surface area contributed by atoms with Gasteiger partial charge in [0.25, 0.3) is 0 Å². The van der Waals surface area contributed by atoms with Crippen molar-refractivity contribution in [2.45, 2.75) is 18.9 Å². The molecule has 2 aromatic carbocycles. The number of hydrogen-bond acceptors (Lipinski definition) is 2. The predicted molar refractivity (Wildman–Crippen MR) is 74.3 cm³/mol. The Labute approximate surface area is 121 Å². The minimum Gasteiger partial charge on any atom is -0.388 e. The Morgan fingerprint density at radius 2 is 1.43 bits per heavy atom. The Morgan fingerprint density at radius 1 is 0.905 bits per heavy atom. The quantitative estimate of drug-likeness (QED) is 0.910. The molecule has 0 aliphatic rings. The molecule has 0 spiro atoms. The first-order valence-corrected chi connectivity index (χ1v) is 6.52. The number of hydrogen-bond donors (Lipinski definition) is 2. The number of aryl methyl sites for hydroxylation is 1. The fraction of sp³-hybridized carbons (Fsp3) is 0.250. The zero-order valence-electron chi connectivity index (χ0n) is 11.5. The van der Waals surface area contributed by atoms with Crippen LogP contribution in [0.3, 0.4) is 0 Å². The molecule has 21 heavy (non-hydrogen) atoms. The van der Waals surface area contributed by atoms with E-state index < -0.39 is 29.5 Å². The summed E-state index contributed by atoms with van der Waals surface area (Å²) in [6.07, 6.45) is -1.15. The highest BCUT2D eigenvalue weighted by atomic mass is 19.1. The highest BCUT2D eigenvalue weighted by molar-refractivity contribution is 5.31. The van der Waals surface area contributed by atoms with Crippen molar-refractivity contribution in [3.05, 3.63) is 70.5 Å². The van der Waals surface area contributed by atoms with Gasteiger partial charge in [0.15, 0.2) is 0 Å². The van der Waals surface area contributed by atoms with Gasteiger partial charge in [-0.2, -0.15) is 0 Å². The molecule has 2 rings (SSSR count). The molecule has 0 aliphatic heterocycles. The Hall–Kier alpha value is -1.85. The van der Waals surface area contributed by atoms with Crippen LogP contribution >= 0.6 is 0 Å². The summed E-state index contributed by atoms with van der Waals surface area (Å²) in [4.78, 5) is 0. The number of benzene rings is 2. The lowest BCUT2D eigenvalue weighted by Crippen LogP contribution is -2.20. The first-order valence-electron chi connectivity index (χ1n) is 6.52. The summed E-state index contributed by atoms with van der Waals surface area (Å²) in [5.41, 5.74) is 6.83. The second kappa shape index (κ2) is 6.28. The second-order valence-corrected chi connectivity index (χ2v) is 5.05. The number of halogens is 3. The first-order chi connectivity index (χ1) is 9.90. The Kier molecular flexibility index (Phi) is 4.65. The van der Waals surface area contributed by atoms with Crippen molar-refractivity contribution in [1.82, 2.24) is 0 Å². The molecule has 0 fully saturated rings. The number of rotatable bonds is 4. The molecule has 2 unspecified atom stereocenters. The Morgan fingerprint density at radius 3 is 1.95 bits per heavy atom. The highest BCUT2D eigenvalue weighted by Crippen LogP contribution is 2.31. The van der Waals surface area contributed by atoms with E-state index in [2.05, 4.69) is 0 Å². The van der Waals surface area contributed by atoms with Crippen LogP contribution in [0, 0.1) is 24.4 Å². The molecule has 0 saturated heterocycles. The minimum absolute atomic E-state index is 0.0282. The fourth-order valence-electron chi connectivity index (χ4n) is 2.40. The molecule has 0 saturated carbocycles. The third kappa shape index (κ3) is 3.62. The molecule has 0 radical (unpaired) electrons. The summed E-state index contributed by atoms with van der Waals surface area (Å²) in [5, 5.41) is 10.4. The lowest BCUT2D eigenvalue weighted by molar-refractivity contribution is 0.146. The molecule has 0 bridgehead atoms. The summed E-state index contributed by atoms with van der Waals surface area (Å²) >= 11 is 0. The molecule has 0 aliphatic carbocycles. The third-order valence-electron chi connectivity index (χ3n) is 3.35. The van der Waals surface area contributed by atoms with E-state index in [1.807, 2.05) is 0 Å². The van der Waals surface area contributed by atoms with Crippen LogP contribution in [0.4, 0.5) is 13.2 Å². The van der Waals surface area contributed by atoms with Crippen LogP contribution in [0.5, 0.6) is 0 Å². The molecular formula is C16H16F3NO. The van der Waals surface area contributed by atoms with Crippen molar-refractivity contribution >= 4 is 0 Å². The molecule has 3 N–H and O–H groups in total. The van der Waals surface area contributed by atoms with Crippen LogP contribution in [-0.4, -0.2) is 11.7 Å². The summed E-state index contributed by atoms with van der Waals surface area (Å²) < 4.78 is 40.0. The average molecular weight is 295 g/mol. The van der Waals surface area contributed by atoms with Crippen LogP contribution in [0.2, 0.25) is 0 Å². The predicted octanol–water partition coefficient (Wildman–Crippen LogP) is 3.19. The van der Waals surface area contributed by atoms with E-state index >= 15 is 0 Å². The lowest BCUT2D eigenvalue weighted by atomic mass is 9.88. The maximum Gasteiger partial charge on any atom is 0.126 e. The van der Waals surface area contributed by atoms with Gasteiger partial charge in [0.2, 0.25) is 0 Å². The molecular weight excluding hydrogens is 279 g/mol. The Balaban J connectivity index is 2.40. The molecule has 2 aromatic rings. The van der Waals surface area contributed by atoms with Gasteiger partial charge in [0.1, 0.15) is 17.5 Å². The van der Waals surface area contributed by atoms with Gasteiger partial charge < -0.3 is 10.8 Å². The van der Waals surface area contributed by atoms with E-state index in [1.54, 1.807) is 13.0 Å². The summed E-state index contributed by atoms with van der Waals surface area (Å²) in [6.45, 7) is 1.66. The van der Waals surface area contributed by atoms with E-state index in [9.17, 15) is 18.3 Å². The molecule has 0 amide bonds. The molecule has 0 heterocycles. The highest BCUT2D eigenvalue weighted by Gasteiger charge is 2.23. The van der Waals surface area contributed by atoms with E-state index in [0.717, 1.165) is 18.2 Å². The number of nitrogens with two attached hydrogens (primary N) is 1. The van der Waals surface area contributed by atoms with Gasteiger partial charge in [-0.3, -0.25) is 0 Å². The van der Waals surface area contributed by atoms with Crippen LogP contribution in [-0.2, 0) is 0 Å². The smallest absolute Gasteiger partial charge is 0.126 e. The zero-order chi connectivity index (χ0) is 15.6. The van der Waals surface area contributed by atoms with Crippen molar-refractivity contribution in [3.8, 4) is 0 Å². The van der Waals surface area contributed by atoms with Crippen LogP contribution in [0.15, 0.2) is 36.4 Å². The van der Waals surface area contributed by atoms with E-state index in [-0.39, 0.29) is 12.1 Å². The second-order valence-electron chi connectivity index (χ2n) is 5.05. The van der Waals surface area contributed by atoms with E-state index in [1.165, 1.54) is 12.1 Å². The van der Waals surface area contributed by atoms with Crippen molar-refractivity contribution < 1.29 is 18.3 Å². The first kappa shape index (κ1) is 15.5. The van der Waals surface area contributed by atoms with Crippen LogP contribution in [0.25, 0.3) is 0 Å². The molecule has 0 aromatic heterocycles. The van der Waals surface area contributed by atoms with Crippen molar-refractivity contribution in [2.75, 3.05) is 6.54 Å². The Bertz CT molecular complexity index is 605. The van der Waals surface area contributed by atoms with Crippen molar-refractivity contribution in [3.63, 3.8) is 0 Å². The van der Waals surface area contributed by atoms with Crippen molar-refractivity contribution in [2.24, 2.45) is 5.73 Å². The SMILES string of the molecule is Cc1cc(F)cc(C(O)C(CN)c2cc(F)cc(F)c2)c1. The maximum atomic E-state index is 13.4. The molecule has 112 valence electrons. The fourth-order valence-corrected chi connectivity index (χ4v) is 2.40. The summed E-state index contributed by atoms with van der Waals surface area (Å²) in [6, 6.07) is 7.12. The van der Waals surface area contributed by atoms with Gasteiger partial charge in [-0.25, -0.2) is 13.2 Å². The number of aliphatic hydroxyl groups is 1. The maximum absolute atomic E-state index is 13.4. The zero-order valence-corrected chi connectivity index (χ0v) is 11.5. The third-order valence-corrected chi connectivity index (χ3v) is 3.35. The van der Waals surface area contributed by atoms with Gasteiger partial charge >= 0.3 is 0 Å². The molecule has 2 nitrogen and oxygen atoms in total. The molecule has 5 heteroatoms.